The van der Waals surface area contributed by atoms with Gasteiger partial charge in [-0.2, -0.15) is 0 Å². The van der Waals surface area contributed by atoms with Crippen LogP contribution in [0.4, 0.5) is 15.9 Å². The smallest absolute Gasteiger partial charge is 0.275 e. The molecule has 1 heterocycles. The second-order valence-electron chi connectivity index (χ2n) is 5.00. The van der Waals surface area contributed by atoms with Gasteiger partial charge in [0.1, 0.15) is 17.3 Å². The van der Waals surface area contributed by atoms with Gasteiger partial charge < -0.3 is 10.6 Å². The van der Waals surface area contributed by atoms with Gasteiger partial charge in [0, 0.05) is 6.54 Å². The fourth-order valence-electron chi connectivity index (χ4n) is 1.59. The molecule has 0 spiro atoms. The van der Waals surface area contributed by atoms with E-state index in [9.17, 15) is 9.18 Å². The molecule has 0 unspecified atom stereocenters. The van der Waals surface area contributed by atoms with Crippen LogP contribution in [0.1, 0.15) is 24.3 Å². The lowest BCUT2D eigenvalue weighted by Crippen LogP contribution is -2.16. The van der Waals surface area contributed by atoms with Crippen LogP contribution in [0.3, 0.4) is 0 Å². The van der Waals surface area contributed by atoms with E-state index in [-0.39, 0.29) is 11.4 Å². The number of nitrogens with one attached hydrogen (secondary N) is 2. The summed E-state index contributed by atoms with van der Waals surface area (Å²) >= 11 is 0. The van der Waals surface area contributed by atoms with Crippen molar-refractivity contribution in [2.45, 2.75) is 13.8 Å². The zero-order valence-electron chi connectivity index (χ0n) is 11.9. The van der Waals surface area contributed by atoms with Crippen molar-refractivity contribution in [3.8, 4) is 0 Å². The normalized spacial score (nSPS) is 10.5. The molecule has 0 aliphatic rings. The van der Waals surface area contributed by atoms with Gasteiger partial charge >= 0.3 is 0 Å². The van der Waals surface area contributed by atoms with Gasteiger partial charge in [-0.3, -0.25) is 4.79 Å². The Hall–Kier alpha value is -2.50. The molecule has 110 valence electrons. The minimum atomic E-state index is -0.497. The van der Waals surface area contributed by atoms with E-state index in [4.69, 9.17) is 0 Å². The first-order valence-electron chi connectivity index (χ1n) is 6.68. The molecule has 1 aromatic heterocycles. The van der Waals surface area contributed by atoms with Crippen LogP contribution < -0.4 is 10.6 Å². The lowest BCUT2D eigenvalue weighted by atomic mass is 10.2. The molecule has 0 fully saturated rings. The van der Waals surface area contributed by atoms with Crippen molar-refractivity contribution in [1.82, 2.24) is 9.97 Å². The maximum atomic E-state index is 13.4. The van der Waals surface area contributed by atoms with Crippen molar-refractivity contribution in [3.05, 3.63) is 48.2 Å². The fourth-order valence-corrected chi connectivity index (χ4v) is 1.59. The molecular formula is C15H17FN4O. The number of carbonyl (C=O) groups is 1. The van der Waals surface area contributed by atoms with Crippen LogP contribution in [0, 0.1) is 11.7 Å². The highest BCUT2D eigenvalue weighted by molar-refractivity contribution is 6.02. The number of nitrogens with zero attached hydrogens (tertiary/aromatic N) is 2. The molecule has 21 heavy (non-hydrogen) atoms. The zero-order chi connectivity index (χ0) is 15.2. The van der Waals surface area contributed by atoms with E-state index in [0.717, 1.165) is 6.54 Å². The molecule has 2 rings (SSSR count). The predicted molar refractivity (Wildman–Crippen MR) is 79.7 cm³/mol. The third-order valence-electron chi connectivity index (χ3n) is 2.70. The van der Waals surface area contributed by atoms with E-state index in [1.54, 1.807) is 12.1 Å². The van der Waals surface area contributed by atoms with Crippen LogP contribution >= 0.6 is 0 Å². The van der Waals surface area contributed by atoms with E-state index in [0.29, 0.717) is 11.7 Å². The molecular weight excluding hydrogens is 271 g/mol. The molecule has 0 saturated heterocycles. The Labute approximate surface area is 122 Å². The zero-order valence-corrected chi connectivity index (χ0v) is 11.9. The quantitative estimate of drug-likeness (QED) is 0.887. The van der Waals surface area contributed by atoms with Crippen molar-refractivity contribution in [2.24, 2.45) is 5.92 Å². The number of aromatic nitrogens is 2. The summed E-state index contributed by atoms with van der Waals surface area (Å²) in [4.78, 5) is 20.1. The molecule has 6 heteroatoms. The summed E-state index contributed by atoms with van der Waals surface area (Å²) in [5, 5.41) is 5.56. The maximum Gasteiger partial charge on any atom is 0.275 e. The molecule has 0 saturated carbocycles. The summed E-state index contributed by atoms with van der Waals surface area (Å²) in [6.07, 6.45) is 2.84. The minimum Gasteiger partial charge on any atom is -0.369 e. The number of carbonyl (C=O) groups excluding carboxylic acids is 1. The third-order valence-corrected chi connectivity index (χ3v) is 2.70. The second-order valence-corrected chi connectivity index (χ2v) is 5.00. The number of hydrogen-bond donors (Lipinski definition) is 2. The molecule has 0 radical (unpaired) electrons. The monoisotopic (exact) mass is 288 g/mol. The first kappa shape index (κ1) is 14.9. The fraction of sp³-hybridized carbons (Fsp3) is 0.267. The van der Waals surface area contributed by atoms with Crippen LogP contribution in [0.5, 0.6) is 0 Å². The van der Waals surface area contributed by atoms with Crippen molar-refractivity contribution in [3.63, 3.8) is 0 Å². The van der Waals surface area contributed by atoms with Gasteiger partial charge in [-0.05, 0) is 18.1 Å². The predicted octanol–water partition coefficient (Wildman–Crippen LogP) is 2.94. The van der Waals surface area contributed by atoms with Crippen LogP contribution in [-0.2, 0) is 0 Å². The van der Waals surface area contributed by atoms with E-state index >= 15 is 0 Å². The van der Waals surface area contributed by atoms with Crippen LogP contribution in [0.25, 0.3) is 0 Å². The standard InChI is InChI=1S/C15H17FN4O/c1-10(2)7-18-14-9-17-13(8-19-14)15(21)20-12-6-4-3-5-11(12)16/h3-6,8-10H,7H2,1-2H3,(H,18,19)(H,20,21). The Morgan fingerprint density at radius 3 is 2.62 bits per heavy atom. The van der Waals surface area contributed by atoms with E-state index in [2.05, 4.69) is 34.4 Å². The average molecular weight is 288 g/mol. The van der Waals surface area contributed by atoms with Crippen LogP contribution in [0.2, 0.25) is 0 Å². The van der Waals surface area contributed by atoms with Gasteiger partial charge in [-0.15, -0.1) is 0 Å². The van der Waals surface area contributed by atoms with Gasteiger partial charge in [0.05, 0.1) is 18.1 Å². The Balaban J connectivity index is 2.01. The first-order valence-corrected chi connectivity index (χ1v) is 6.68. The Kier molecular flexibility index (Phi) is 4.81. The highest BCUT2D eigenvalue weighted by Gasteiger charge is 2.10. The van der Waals surface area contributed by atoms with Crippen molar-refractivity contribution >= 4 is 17.4 Å². The lowest BCUT2D eigenvalue weighted by molar-refractivity contribution is 0.102. The summed E-state index contributed by atoms with van der Waals surface area (Å²) in [5.41, 5.74) is 0.250. The number of rotatable bonds is 5. The number of amides is 1. The topological polar surface area (TPSA) is 66.9 Å². The lowest BCUT2D eigenvalue weighted by Gasteiger charge is -2.08. The Bertz CT molecular complexity index is 613. The average Bonchev–Trinajstić information content (AvgIpc) is 2.48. The Morgan fingerprint density at radius 2 is 2.00 bits per heavy atom. The number of benzene rings is 1. The van der Waals surface area contributed by atoms with Gasteiger partial charge in [0.25, 0.3) is 5.91 Å². The van der Waals surface area contributed by atoms with Crippen LogP contribution in [0.15, 0.2) is 36.7 Å². The maximum absolute atomic E-state index is 13.4. The summed E-state index contributed by atoms with van der Waals surface area (Å²) in [6.45, 7) is 4.93. The van der Waals surface area contributed by atoms with Crippen molar-refractivity contribution in [2.75, 3.05) is 17.2 Å². The summed E-state index contributed by atoms with van der Waals surface area (Å²) in [7, 11) is 0. The number of para-hydroxylation sites is 1. The first-order chi connectivity index (χ1) is 10.1. The molecule has 1 amide bonds. The summed E-state index contributed by atoms with van der Waals surface area (Å²) < 4.78 is 13.4. The van der Waals surface area contributed by atoms with Gasteiger partial charge in [-0.25, -0.2) is 14.4 Å². The molecule has 0 aliphatic carbocycles. The summed E-state index contributed by atoms with van der Waals surface area (Å²) in [6, 6.07) is 5.96. The molecule has 2 aromatic rings. The largest absolute Gasteiger partial charge is 0.369 e. The molecule has 5 nitrogen and oxygen atoms in total. The second kappa shape index (κ2) is 6.78. The number of hydrogen-bond acceptors (Lipinski definition) is 4. The Morgan fingerprint density at radius 1 is 1.24 bits per heavy atom. The third kappa shape index (κ3) is 4.24. The number of halogens is 1. The minimum absolute atomic E-state index is 0.117. The molecule has 0 bridgehead atoms. The molecule has 0 aliphatic heterocycles. The van der Waals surface area contributed by atoms with Gasteiger partial charge in [0.2, 0.25) is 0 Å². The molecule has 0 atom stereocenters. The summed E-state index contributed by atoms with van der Waals surface area (Å²) in [5.74, 6) is 0.0963. The van der Waals surface area contributed by atoms with Crippen molar-refractivity contribution < 1.29 is 9.18 Å². The molecule has 1 aromatic carbocycles. The highest BCUT2D eigenvalue weighted by Crippen LogP contribution is 2.13. The van der Waals surface area contributed by atoms with Crippen LogP contribution in [-0.4, -0.2) is 22.4 Å². The van der Waals surface area contributed by atoms with E-state index in [1.165, 1.54) is 24.5 Å². The van der Waals surface area contributed by atoms with E-state index < -0.39 is 11.7 Å². The molecule has 2 N–H and O–H groups in total. The van der Waals surface area contributed by atoms with Gasteiger partial charge in [-0.1, -0.05) is 26.0 Å². The highest BCUT2D eigenvalue weighted by atomic mass is 19.1. The number of anilines is 2. The van der Waals surface area contributed by atoms with Gasteiger partial charge in [0.15, 0.2) is 0 Å². The van der Waals surface area contributed by atoms with Crippen molar-refractivity contribution in [1.29, 1.82) is 0 Å². The van der Waals surface area contributed by atoms with E-state index in [1.807, 2.05) is 0 Å². The SMILES string of the molecule is CC(C)CNc1cnc(C(=O)Nc2ccccc2F)cn1.